The number of amides is 2. The molecule has 2 atom stereocenters. The largest absolute Gasteiger partial charge is 0.429 e. The quantitative estimate of drug-likeness (QED) is 0.314. The molecule has 2 N–H and O–H groups in total. The SMILES string of the molecule is O=C(N=c1ccn(O)cc1)c1cc(NC(=O)C2C(c3cc(Cl)cc(Cl)c3)C2(Cl)Cl)ccc1Cl. The molecule has 6 nitrogen and oxygen atoms in total. The van der Waals surface area contributed by atoms with E-state index in [0.29, 0.717) is 26.7 Å². The summed E-state index contributed by atoms with van der Waals surface area (Å²) in [4.78, 5) is 29.5. The average Bonchev–Trinajstić information content (AvgIpc) is 3.32. The van der Waals surface area contributed by atoms with Crippen molar-refractivity contribution < 1.29 is 14.8 Å². The van der Waals surface area contributed by atoms with Gasteiger partial charge in [0.05, 0.1) is 21.9 Å². The summed E-state index contributed by atoms with van der Waals surface area (Å²) in [5, 5.41) is 13.3. The predicted molar refractivity (Wildman–Crippen MR) is 129 cm³/mol. The minimum Gasteiger partial charge on any atom is -0.429 e. The molecule has 11 heteroatoms. The molecule has 1 aliphatic rings. The lowest BCUT2D eigenvalue weighted by Crippen LogP contribution is -2.17. The summed E-state index contributed by atoms with van der Waals surface area (Å²) in [5.74, 6) is -2.32. The number of aromatic nitrogens is 1. The third kappa shape index (κ3) is 5.15. The third-order valence-electron chi connectivity index (χ3n) is 5.07. The highest BCUT2D eigenvalue weighted by atomic mass is 35.5. The fourth-order valence-corrected chi connectivity index (χ4v) is 5.04. The Kier molecular flexibility index (Phi) is 6.67. The number of nitrogens with zero attached hydrogens (tertiary/aromatic N) is 2. The number of halogens is 5. The number of carbonyl (C=O) groups is 2. The van der Waals surface area contributed by atoms with Gasteiger partial charge < -0.3 is 10.5 Å². The lowest BCUT2D eigenvalue weighted by atomic mass is 10.1. The topological polar surface area (TPSA) is 83.7 Å². The first kappa shape index (κ1) is 23.9. The summed E-state index contributed by atoms with van der Waals surface area (Å²) in [7, 11) is 0. The Morgan fingerprint density at radius 1 is 0.970 bits per heavy atom. The van der Waals surface area contributed by atoms with Crippen molar-refractivity contribution in [2.24, 2.45) is 10.9 Å². The zero-order valence-corrected chi connectivity index (χ0v) is 20.3. The van der Waals surface area contributed by atoms with E-state index in [1.165, 1.54) is 36.7 Å². The molecule has 0 radical (unpaired) electrons. The Morgan fingerprint density at radius 3 is 2.24 bits per heavy atom. The Bertz CT molecular complexity index is 1300. The van der Waals surface area contributed by atoms with Crippen molar-refractivity contribution in [2.45, 2.75) is 10.3 Å². The van der Waals surface area contributed by atoms with E-state index in [1.807, 2.05) is 0 Å². The molecule has 1 heterocycles. The van der Waals surface area contributed by atoms with E-state index in [0.717, 1.165) is 4.73 Å². The predicted octanol–water partition coefficient (Wildman–Crippen LogP) is 5.95. The number of carbonyl (C=O) groups excluding carboxylic acids is 2. The molecule has 1 aliphatic carbocycles. The van der Waals surface area contributed by atoms with Crippen molar-refractivity contribution in [3.8, 4) is 0 Å². The summed E-state index contributed by atoms with van der Waals surface area (Å²) in [6, 6.07) is 12.2. The van der Waals surface area contributed by atoms with Crippen molar-refractivity contribution in [1.82, 2.24) is 4.73 Å². The van der Waals surface area contributed by atoms with Crippen molar-refractivity contribution >= 4 is 75.5 Å². The molecule has 33 heavy (non-hydrogen) atoms. The number of benzene rings is 2. The van der Waals surface area contributed by atoms with E-state index in [2.05, 4.69) is 10.3 Å². The average molecular weight is 546 g/mol. The van der Waals surface area contributed by atoms with Crippen LogP contribution in [0.3, 0.4) is 0 Å². The molecule has 1 saturated carbocycles. The van der Waals surface area contributed by atoms with Crippen LogP contribution in [0, 0.1) is 5.92 Å². The van der Waals surface area contributed by atoms with Gasteiger partial charge in [-0.1, -0.05) is 34.8 Å². The van der Waals surface area contributed by atoms with Crippen molar-refractivity contribution in [3.63, 3.8) is 0 Å². The van der Waals surface area contributed by atoms with Crippen molar-refractivity contribution in [3.05, 3.63) is 92.5 Å². The highest BCUT2D eigenvalue weighted by Crippen LogP contribution is 2.65. The van der Waals surface area contributed by atoms with Crippen LogP contribution < -0.4 is 10.7 Å². The molecule has 2 amide bonds. The van der Waals surface area contributed by atoms with Gasteiger partial charge in [0.1, 0.15) is 4.33 Å². The molecule has 3 aromatic rings. The van der Waals surface area contributed by atoms with Gasteiger partial charge >= 0.3 is 0 Å². The van der Waals surface area contributed by atoms with Crippen LogP contribution in [0.4, 0.5) is 5.69 Å². The maximum atomic E-state index is 12.9. The smallest absolute Gasteiger partial charge is 0.279 e. The van der Waals surface area contributed by atoms with Crippen molar-refractivity contribution in [1.29, 1.82) is 0 Å². The van der Waals surface area contributed by atoms with Crippen LogP contribution in [0.1, 0.15) is 21.8 Å². The molecule has 0 saturated heterocycles. The molecule has 2 unspecified atom stereocenters. The molecule has 170 valence electrons. The minimum absolute atomic E-state index is 0.0900. The molecule has 0 spiro atoms. The van der Waals surface area contributed by atoms with Gasteiger partial charge in [0.2, 0.25) is 5.91 Å². The molecule has 1 aromatic heterocycles. The summed E-state index contributed by atoms with van der Waals surface area (Å²) >= 11 is 31.1. The highest BCUT2D eigenvalue weighted by molar-refractivity contribution is 6.53. The molecular weight excluding hydrogens is 532 g/mol. The zero-order chi connectivity index (χ0) is 23.9. The molecule has 2 aromatic carbocycles. The second kappa shape index (κ2) is 9.20. The van der Waals surface area contributed by atoms with Crippen LogP contribution in [0.15, 0.2) is 65.9 Å². The van der Waals surface area contributed by atoms with E-state index in [9.17, 15) is 14.8 Å². The Labute approximate surface area is 213 Å². The van der Waals surface area contributed by atoms with Gasteiger partial charge in [-0.15, -0.1) is 23.2 Å². The lowest BCUT2D eigenvalue weighted by molar-refractivity contribution is -0.117. The van der Waals surface area contributed by atoms with Gasteiger partial charge in [-0.2, -0.15) is 0 Å². The number of pyridine rings is 1. The van der Waals surface area contributed by atoms with Gasteiger partial charge in [-0.05, 0) is 54.1 Å². The second-order valence-corrected chi connectivity index (χ2v) is 10.1. The summed E-state index contributed by atoms with van der Waals surface area (Å²) < 4.78 is -0.516. The number of hydrogen-bond donors (Lipinski definition) is 2. The van der Waals surface area contributed by atoms with Gasteiger partial charge in [0, 0.05) is 34.0 Å². The van der Waals surface area contributed by atoms with Crippen LogP contribution >= 0.6 is 58.0 Å². The number of hydrogen-bond acceptors (Lipinski definition) is 3. The molecule has 0 aliphatic heterocycles. The van der Waals surface area contributed by atoms with E-state index in [-0.39, 0.29) is 10.6 Å². The van der Waals surface area contributed by atoms with Crippen LogP contribution in [0.2, 0.25) is 15.1 Å². The van der Waals surface area contributed by atoms with Gasteiger partial charge in [-0.25, -0.2) is 9.72 Å². The number of nitrogens with one attached hydrogen (secondary N) is 1. The normalized spacial score (nSPS) is 18.5. The minimum atomic E-state index is -1.34. The van der Waals surface area contributed by atoms with Gasteiger partial charge in [0.25, 0.3) is 5.91 Å². The van der Waals surface area contributed by atoms with Crippen LogP contribution in [0.5, 0.6) is 0 Å². The first-order chi connectivity index (χ1) is 15.6. The number of alkyl halides is 2. The van der Waals surface area contributed by atoms with E-state index < -0.39 is 28.0 Å². The monoisotopic (exact) mass is 543 g/mol. The highest BCUT2D eigenvalue weighted by Gasteiger charge is 2.67. The van der Waals surface area contributed by atoms with E-state index in [1.54, 1.807) is 24.3 Å². The molecule has 0 bridgehead atoms. The second-order valence-electron chi connectivity index (χ2n) is 7.37. The van der Waals surface area contributed by atoms with E-state index >= 15 is 0 Å². The van der Waals surface area contributed by atoms with Crippen LogP contribution in [-0.4, -0.2) is 26.1 Å². The fraction of sp³-hybridized carbons (Fsp3) is 0.136. The maximum absolute atomic E-state index is 12.9. The standard InChI is InChI=1S/C22H14Cl5N3O3/c23-12-7-11(8-13(24)9-12)18-19(22(18,26)27)21(32)29-15-1-2-17(25)16(10-15)20(31)28-14-3-5-30(33)6-4-14/h1-10,18-19,33H,(H,29,32). The number of anilines is 1. The lowest BCUT2D eigenvalue weighted by Gasteiger charge is -2.08. The number of rotatable bonds is 4. The van der Waals surface area contributed by atoms with Crippen LogP contribution in [-0.2, 0) is 4.79 Å². The first-order valence-corrected chi connectivity index (χ1v) is 11.4. The van der Waals surface area contributed by atoms with Gasteiger partial charge in [0.15, 0.2) is 0 Å². The molecule has 4 rings (SSSR count). The Balaban J connectivity index is 1.55. The Hall–Kier alpha value is -2.22. The molecule has 1 fully saturated rings. The van der Waals surface area contributed by atoms with Crippen LogP contribution in [0.25, 0.3) is 0 Å². The van der Waals surface area contributed by atoms with E-state index in [4.69, 9.17) is 58.0 Å². The zero-order valence-electron chi connectivity index (χ0n) is 16.5. The summed E-state index contributed by atoms with van der Waals surface area (Å²) in [5.41, 5.74) is 1.06. The molecular formula is C22H14Cl5N3O3. The Morgan fingerprint density at radius 2 is 1.61 bits per heavy atom. The summed E-state index contributed by atoms with van der Waals surface area (Å²) in [6.45, 7) is 0. The maximum Gasteiger partial charge on any atom is 0.279 e. The fourth-order valence-electron chi connectivity index (χ4n) is 3.47. The first-order valence-electron chi connectivity index (χ1n) is 9.47. The summed E-state index contributed by atoms with van der Waals surface area (Å²) in [6.07, 6.45) is 2.65. The van der Waals surface area contributed by atoms with Gasteiger partial charge in [-0.3, -0.25) is 9.59 Å². The van der Waals surface area contributed by atoms with Crippen molar-refractivity contribution in [2.75, 3.05) is 5.32 Å². The third-order valence-corrected chi connectivity index (χ3v) is 6.78.